The lowest BCUT2D eigenvalue weighted by atomic mass is 10.2. The molecule has 6 nitrogen and oxygen atoms in total. The van der Waals surface area contributed by atoms with Crippen molar-refractivity contribution >= 4 is 11.7 Å². The van der Waals surface area contributed by atoms with Gasteiger partial charge in [0.15, 0.2) is 0 Å². The zero-order valence-electron chi connectivity index (χ0n) is 10.1. The maximum atomic E-state index is 11.7. The van der Waals surface area contributed by atoms with Crippen molar-refractivity contribution in [3.05, 3.63) is 28.7 Å². The first-order valence-corrected chi connectivity index (χ1v) is 6.01. The van der Waals surface area contributed by atoms with Gasteiger partial charge in [0.2, 0.25) is 0 Å². The number of rotatable bonds is 4. The Bertz CT molecular complexity index is 498. The van der Waals surface area contributed by atoms with Gasteiger partial charge in [0, 0.05) is 19.3 Å². The van der Waals surface area contributed by atoms with Crippen LogP contribution in [0.1, 0.15) is 12.8 Å². The molecular formula is C12H17N3O3. The molecule has 1 aliphatic rings. The number of nitrogens with zero attached hydrogens (tertiary/aromatic N) is 2. The first-order valence-electron chi connectivity index (χ1n) is 6.01. The molecule has 0 amide bonds. The van der Waals surface area contributed by atoms with E-state index in [1.807, 2.05) is 4.90 Å². The monoisotopic (exact) mass is 251 g/mol. The van der Waals surface area contributed by atoms with Gasteiger partial charge >= 0.3 is 5.97 Å². The second-order valence-electron chi connectivity index (χ2n) is 4.49. The molecule has 0 bridgehead atoms. The number of carboxylic acids is 1. The van der Waals surface area contributed by atoms with Gasteiger partial charge in [0.05, 0.1) is 5.69 Å². The Balaban J connectivity index is 2.01. The lowest BCUT2D eigenvalue weighted by Crippen LogP contribution is -2.39. The Morgan fingerprint density at radius 2 is 2.28 bits per heavy atom. The van der Waals surface area contributed by atoms with Crippen LogP contribution in [0.5, 0.6) is 0 Å². The number of carbonyl (C=O) groups is 1. The van der Waals surface area contributed by atoms with E-state index in [1.165, 1.54) is 4.57 Å². The van der Waals surface area contributed by atoms with Gasteiger partial charge in [-0.3, -0.25) is 14.5 Å². The number of likely N-dealkylation sites (tertiary alicyclic amines) is 1. The minimum absolute atomic E-state index is 0.216. The molecule has 0 spiro atoms. The number of hydrogen-bond acceptors (Lipinski definition) is 4. The smallest absolute Gasteiger partial charge is 0.320 e. The minimum atomic E-state index is -0.785. The van der Waals surface area contributed by atoms with Crippen molar-refractivity contribution in [3.63, 3.8) is 0 Å². The largest absolute Gasteiger partial charge is 0.480 e. The highest BCUT2D eigenvalue weighted by Gasteiger charge is 2.29. The molecule has 0 unspecified atom stereocenters. The fraction of sp³-hybridized carbons (Fsp3) is 0.500. The highest BCUT2D eigenvalue weighted by Crippen LogP contribution is 2.16. The number of nitrogens with two attached hydrogens (primary N) is 1. The van der Waals surface area contributed by atoms with E-state index < -0.39 is 12.0 Å². The number of aliphatic carboxylic acids is 1. The summed E-state index contributed by atoms with van der Waals surface area (Å²) in [5.74, 6) is -0.785. The van der Waals surface area contributed by atoms with Crippen molar-refractivity contribution in [2.45, 2.75) is 25.4 Å². The van der Waals surface area contributed by atoms with Crippen LogP contribution in [-0.4, -0.2) is 39.7 Å². The summed E-state index contributed by atoms with van der Waals surface area (Å²) in [7, 11) is 0. The van der Waals surface area contributed by atoms with E-state index in [0.717, 1.165) is 13.0 Å². The molecule has 1 aromatic heterocycles. The van der Waals surface area contributed by atoms with E-state index in [0.29, 0.717) is 19.5 Å². The Kier molecular flexibility index (Phi) is 3.66. The van der Waals surface area contributed by atoms with Crippen LogP contribution in [0.25, 0.3) is 0 Å². The molecular weight excluding hydrogens is 234 g/mol. The third kappa shape index (κ3) is 2.53. The quantitative estimate of drug-likeness (QED) is 0.785. The molecule has 2 heterocycles. The summed E-state index contributed by atoms with van der Waals surface area (Å²) in [6.45, 7) is 1.79. The van der Waals surface area contributed by atoms with Crippen LogP contribution in [0.15, 0.2) is 23.1 Å². The third-order valence-corrected chi connectivity index (χ3v) is 3.33. The molecule has 18 heavy (non-hydrogen) atoms. The van der Waals surface area contributed by atoms with E-state index in [2.05, 4.69) is 0 Å². The van der Waals surface area contributed by atoms with Gasteiger partial charge in [0.1, 0.15) is 6.04 Å². The van der Waals surface area contributed by atoms with E-state index in [4.69, 9.17) is 10.8 Å². The highest BCUT2D eigenvalue weighted by molar-refractivity contribution is 5.73. The molecule has 98 valence electrons. The van der Waals surface area contributed by atoms with Gasteiger partial charge in [0.25, 0.3) is 5.56 Å². The van der Waals surface area contributed by atoms with Crippen molar-refractivity contribution in [1.29, 1.82) is 0 Å². The van der Waals surface area contributed by atoms with E-state index >= 15 is 0 Å². The molecule has 2 rings (SSSR count). The van der Waals surface area contributed by atoms with Gasteiger partial charge in [-0.25, -0.2) is 0 Å². The lowest BCUT2D eigenvalue weighted by molar-refractivity contribution is -0.142. The Morgan fingerprint density at radius 3 is 3.00 bits per heavy atom. The Hall–Kier alpha value is -1.82. The maximum Gasteiger partial charge on any atom is 0.320 e. The van der Waals surface area contributed by atoms with Crippen LogP contribution in [0.2, 0.25) is 0 Å². The number of anilines is 1. The average molecular weight is 251 g/mol. The molecule has 1 saturated heterocycles. The Morgan fingerprint density at radius 1 is 1.50 bits per heavy atom. The molecule has 0 radical (unpaired) electrons. The molecule has 0 aromatic carbocycles. The van der Waals surface area contributed by atoms with Crippen LogP contribution in [0, 0.1) is 0 Å². The fourth-order valence-corrected chi connectivity index (χ4v) is 2.34. The molecule has 6 heteroatoms. The summed E-state index contributed by atoms with van der Waals surface area (Å²) in [6, 6.07) is 2.87. The predicted molar refractivity (Wildman–Crippen MR) is 67.3 cm³/mol. The first-order chi connectivity index (χ1) is 8.59. The zero-order valence-corrected chi connectivity index (χ0v) is 10.1. The van der Waals surface area contributed by atoms with E-state index in [9.17, 15) is 9.59 Å². The van der Waals surface area contributed by atoms with Crippen molar-refractivity contribution < 1.29 is 9.90 Å². The summed E-state index contributed by atoms with van der Waals surface area (Å²) in [5, 5.41) is 9.05. The summed E-state index contributed by atoms with van der Waals surface area (Å²) < 4.78 is 1.52. The molecule has 0 aliphatic carbocycles. The second-order valence-corrected chi connectivity index (χ2v) is 4.49. The summed E-state index contributed by atoms with van der Waals surface area (Å²) >= 11 is 0. The van der Waals surface area contributed by atoms with E-state index in [1.54, 1.807) is 18.3 Å². The van der Waals surface area contributed by atoms with Crippen LogP contribution in [0.3, 0.4) is 0 Å². The van der Waals surface area contributed by atoms with Crippen molar-refractivity contribution in [1.82, 2.24) is 9.47 Å². The lowest BCUT2D eigenvalue weighted by Gasteiger charge is -2.21. The third-order valence-electron chi connectivity index (χ3n) is 3.33. The molecule has 3 N–H and O–H groups in total. The van der Waals surface area contributed by atoms with Crippen LogP contribution < -0.4 is 11.3 Å². The minimum Gasteiger partial charge on any atom is -0.480 e. The van der Waals surface area contributed by atoms with E-state index in [-0.39, 0.29) is 11.2 Å². The number of pyridine rings is 1. The zero-order chi connectivity index (χ0) is 13.1. The molecule has 1 aliphatic heterocycles. The molecule has 1 atom stereocenters. The second kappa shape index (κ2) is 5.22. The van der Waals surface area contributed by atoms with Gasteiger partial charge in [-0.2, -0.15) is 0 Å². The molecule has 1 fully saturated rings. The predicted octanol–water partition coefficient (Wildman–Crippen LogP) is -0.0205. The van der Waals surface area contributed by atoms with Crippen molar-refractivity contribution in [3.8, 4) is 0 Å². The number of aromatic nitrogens is 1. The standard InChI is InChI=1S/C12H17N3O3/c13-9-3-1-6-15(11(9)16)8-7-14-5-2-4-10(14)12(17)18/h1,3,6,10H,2,4-5,7-8,13H2,(H,17,18)/t10-/m1/s1. The average Bonchev–Trinajstić information content (AvgIpc) is 2.79. The SMILES string of the molecule is Nc1cccn(CCN2CCC[C@@H]2C(=O)O)c1=O. The van der Waals surface area contributed by atoms with Crippen molar-refractivity contribution in [2.24, 2.45) is 0 Å². The molecule has 1 aromatic rings. The topological polar surface area (TPSA) is 88.6 Å². The summed E-state index contributed by atoms with van der Waals surface area (Å²) in [4.78, 5) is 24.6. The summed E-state index contributed by atoms with van der Waals surface area (Å²) in [5.41, 5.74) is 5.54. The number of hydrogen-bond donors (Lipinski definition) is 2. The Labute approximate surface area is 105 Å². The maximum absolute atomic E-state index is 11.7. The van der Waals surface area contributed by atoms with Crippen LogP contribution >= 0.6 is 0 Å². The number of carboxylic acid groups (broad SMARTS) is 1. The fourth-order valence-electron chi connectivity index (χ4n) is 2.34. The number of nitrogen functional groups attached to an aromatic ring is 1. The van der Waals surface area contributed by atoms with Gasteiger partial charge in [-0.1, -0.05) is 0 Å². The summed E-state index contributed by atoms with van der Waals surface area (Å²) in [6.07, 6.45) is 3.24. The van der Waals surface area contributed by atoms with Crippen LogP contribution in [-0.2, 0) is 11.3 Å². The molecule has 0 saturated carbocycles. The van der Waals surface area contributed by atoms with Gasteiger partial charge in [-0.15, -0.1) is 0 Å². The first kappa shape index (κ1) is 12.6. The normalized spacial score (nSPS) is 20.1. The highest BCUT2D eigenvalue weighted by atomic mass is 16.4. The van der Waals surface area contributed by atoms with Crippen molar-refractivity contribution in [2.75, 3.05) is 18.8 Å². The van der Waals surface area contributed by atoms with Gasteiger partial charge in [-0.05, 0) is 31.5 Å². The van der Waals surface area contributed by atoms with Crippen LogP contribution in [0.4, 0.5) is 5.69 Å². The van der Waals surface area contributed by atoms with Gasteiger partial charge < -0.3 is 15.4 Å².